The Morgan fingerprint density at radius 1 is 1.02 bits per heavy atom. The van der Waals surface area contributed by atoms with Crippen molar-refractivity contribution in [3.63, 3.8) is 0 Å². The molecule has 1 N–H and O–H groups in total. The van der Waals surface area contributed by atoms with E-state index in [9.17, 15) is 14.0 Å². The van der Waals surface area contributed by atoms with E-state index < -0.39 is 12.2 Å². The van der Waals surface area contributed by atoms with Gasteiger partial charge in [-0.1, -0.05) is 25.0 Å². The summed E-state index contributed by atoms with van der Waals surface area (Å²) >= 11 is 0. The number of likely N-dealkylation sites (N-methyl/N-ethyl adjacent to an activating group) is 1. The molecule has 9 nitrogen and oxygen atoms in total. The summed E-state index contributed by atoms with van der Waals surface area (Å²) in [6.07, 6.45) is 4.73. The molecule has 43 heavy (non-hydrogen) atoms. The van der Waals surface area contributed by atoms with Gasteiger partial charge in [-0.25, -0.2) is 9.18 Å². The van der Waals surface area contributed by atoms with Crippen molar-refractivity contribution in [2.45, 2.75) is 70.2 Å². The number of carbonyl (C=O) groups is 2. The number of hydrogen-bond donors (Lipinski definition) is 1. The molecule has 3 aliphatic rings. The Labute approximate surface area is 254 Å². The molecule has 2 heterocycles. The Hall–Kier alpha value is -3.53. The minimum absolute atomic E-state index is 0.0356. The Morgan fingerprint density at radius 3 is 2.51 bits per heavy atom. The van der Waals surface area contributed by atoms with E-state index in [4.69, 9.17) is 14.2 Å². The maximum Gasteiger partial charge on any atom is 0.325 e. The number of halogens is 1. The third kappa shape index (κ3) is 7.71. The van der Waals surface area contributed by atoms with E-state index in [-0.39, 0.29) is 24.4 Å². The predicted molar refractivity (Wildman–Crippen MR) is 164 cm³/mol. The number of carbonyl (C=O) groups excluding carboxylic acids is 2. The smallest absolute Gasteiger partial charge is 0.325 e. The van der Waals surface area contributed by atoms with Crippen LogP contribution in [0.15, 0.2) is 36.4 Å². The topological polar surface area (TPSA) is 83.6 Å². The van der Waals surface area contributed by atoms with Gasteiger partial charge in [0, 0.05) is 43.0 Å². The van der Waals surface area contributed by atoms with Crippen LogP contribution in [0.3, 0.4) is 0 Å². The minimum atomic E-state index is -1.07. The number of benzene rings is 2. The summed E-state index contributed by atoms with van der Waals surface area (Å²) in [6.45, 7) is 4.47. The monoisotopic (exact) mass is 596 g/mol. The Morgan fingerprint density at radius 2 is 1.81 bits per heavy atom. The zero-order chi connectivity index (χ0) is 30.5. The number of rotatable bonds is 13. The van der Waals surface area contributed by atoms with E-state index in [2.05, 4.69) is 12.2 Å². The summed E-state index contributed by atoms with van der Waals surface area (Å²) in [4.78, 5) is 32.0. The molecule has 5 rings (SSSR count). The van der Waals surface area contributed by atoms with E-state index in [1.807, 2.05) is 53.2 Å². The van der Waals surface area contributed by atoms with E-state index in [0.29, 0.717) is 50.0 Å². The average Bonchev–Trinajstić information content (AvgIpc) is 3.76. The molecule has 0 radical (unpaired) electrons. The lowest BCUT2D eigenvalue weighted by Crippen LogP contribution is -2.53. The summed E-state index contributed by atoms with van der Waals surface area (Å²) in [6, 6.07) is 10.7. The highest BCUT2D eigenvalue weighted by atomic mass is 19.1. The van der Waals surface area contributed by atoms with Crippen molar-refractivity contribution in [1.82, 2.24) is 15.1 Å². The molecule has 2 aromatic carbocycles. The first kappa shape index (κ1) is 30.9. The van der Waals surface area contributed by atoms with Crippen molar-refractivity contribution < 1.29 is 28.2 Å². The molecule has 0 bridgehead atoms. The van der Waals surface area contributed by atoms with Gasteiger partial charge < -0.3 is 29.3 Å². The van der Waals surface area contributed by atoms with Gasteiger partial charge in [0.1, 0.15) is 11.9 Å². The molecular weight excluding hydrogens is 551 g/mol. The molecule has 3 fully saturated rings. The largest absolute Gasteiger partial charge is 0.496 e. The number of nitrogens with zero attached hydrogens (tertiary/aromatic N) is 3. The van der Waals surface area contributed by atoms with E-state index in [1.54, 1.807) is 19.1 Å². The number of ether oxygens (including phenoxy) is 3. The highest BCUT2D eigenvalue weighted by Crippen LogP contribution is 2.36. The molecule has 1 aliphatic carbocycles. The quantitative estimate of drug-likeness (QED) is 0.335. The number of anilines is 1. The molecule has 10 heteroatoms. The first-order chi connectivity index (χ1) is 20.7. The number of likely N-dealkylation sites (tertiary alicyclic amines) is 1. The van der Waals surface area contributed by atoms with Crippen molar-refractivity contribution >= 4 is 17.6 Å². The second-order valence-corrected chi connectivity index (χ2v) is 12.2. The third-order valence-electron chi connectivity index (χ3n) is 8.78. The Kier molecular flexibility index (Phi) is 9.95. The van der Waals surface area contributed by atoms with Crippen LogP contribution in [-0.4, -0.2) is 87.5 Å². The molecule has 1 saturated carbocycles. The van der Waals surface area contributed by atoms with Crippen LogP contribution in [0.5, 0.6) is 17.2 Å². The molecule has 0 spiro atoms. The molecule has 0 aromatic heterocycles. The van der Waals surface area contributed by atoms with Gasteiger partial charge in [0.05, 0.1) is 39.8 Å². The van der Waals surface area contributed by atoms with Crippen LogP contribution in [0.25, 0.3) is 0 Å². The van der Waals surface area contributed by atoms with Gasteiger partial charge in [-0.15, -0.1) is 0 Å². The van der Waals surface area contributed by atoms with E-state index in [1.165, 1.54) is 19.3 Å². The van der Waals surface area contributed by atoms with E-state index in [0.717, 1.165) is 35.6 Å². The highest BCUT2D eigenvalue weighted by molar-refractivity contribution is 5.93. The van der Waals surface area contributed by atoms with Gasteiger partial charge in [0.25, 0.3) is 0 Å². The zero-order valence-electron chi connectivity index (χ0n) is 25.8. The van der Waals surface area contributed by atoms with Crippen molar-refractivity contribution in [2.75, 3.05) is 52.4 Å². The number of nitrogens with one attached hydrogen (secondary N) is 1. The number of urea groups is 1. The average molecular weight is 597 g/mol. The normalized spacial score (nSPS) is 22.5. The van der Waals surface area contributed by atoms with Gasteiger partial charge in [-0.3, -0.25) is 9.69 Å². The van der Waals surface area contributed by atoms with Gasteiger partial charge in [0.2, 0.25) is 5.91 Å². The van der Waals surface area contributed by atoms with Crippen LogP contribution in [0.1, 0.15) is 50.2 Å². The number of alkyl halides is 1. The van der Waals surface area contributed by atoms with E-state index >= 15 is 0 Å². The fourth-order valence-corrected chi connectivity index (χ4v) is 6.02. The van der Waals surface area contributed by atoms with Crippen molar-refractivity contribution in [3.8, 4) is 17.2 Å². The van der Waals surface area contributed by atoms with Crippen LogP contribution < -0.4 is 24.4 Å². The molecule has 3 amide bonds. The van der Waals surface area contributed by atoms with Gasteiger partial charge in [-0.2, -0.15) is 0 Å². The molecule has 2 aromatic rings. The summed E-state index contributed by atoms with van der Waals surface area (Å²) in [5.41, 5.74) is 2.39. The molecule has 234 valence electrons. The van der Waals surface area contributed by atoms with Crippen molar-refractivity contribution in [1.29, 1.82) is 0 Å². The van der Waals surface area contributed by atoms with Crippen LogP contribution in [0.4, 0.5) is 14.9 Å². The predicted octanol–water partition coefficient (Wildman–Crippen LogP) is 4.80. The SMILES string of the molecule is COc1cc(CC(=O)N[C@@H]2CN(C)C[C@@H]2F)ccc1CN1C(=O)N(c2ccc(OC)c(OCCCC3CC3)c2)CC[C@@H]1C. The summed E-state index contributed by atoms with van der Waals surface area (Å²) < 4.78 is 31.4. The fraction of sp³-hybridized carbons (Fsp3) is 0.576. The van der Waals surface area contributed by atoms with Gasteiger partial charge >= 0.3 is 6.03 Å². The van der Waals surface area contributed by atoms with Crippen LogP contribution in [0, 0.1) is 5.92 Å². The molecule has 0 unspecified atom stereocenters. The lowest BCUT2D eigenvalue weighted by atomic mass is 10.0. The van der Waals surface area contributed by atoms with Gasteiger partial charge in [-0.05, 0) is 62.9 Å². The van der Waals surface area contributed by atoms with Gasteiger partial charge in [0.15, 0.2) is 11.5 Å². The number of amides is 3. The lowest BCUT2D eigenvalue weighted by molar-refractivity contribution is -0.121. The number of hydrogen-bond acceptors (Lipinski definition) is 6. The standard InChI is InChI=1S/C33H45FN4O5/c1-22-13-14-37(26-11-12-29(41-3)31(18-26)43-15-5-6-23-7-8-23)33(40)38(22)19-25-10-9-24(16-30(25)42-4)17-32(39)35-28-21-36(2)20-27(28)34/h9-12,16,18,22-23,27-28H,5-8,13-15,17,19-21H2,1-4H3,(H,35,39)/t22-,27-,28+/m0/s1. The summed E-state index contributed by atoms with van der Waals surface area (Å²) in [5.74, 6) is 2.55. The van der Waals surface area contributed by atoms with Crippen LogP contribution in [0.2, 0.25) is 0 Å². The van der Waals surface area contributed by atoms with Crippen LogP contribution in [-0.2, 0) is 17.8 Å². The first-order valence-electron chi connectivity index (χ1n) is 15.4. The zero-order valence-corrected chi connectivity index (χ0v) is 25.8. The minimum Gasteiger partial charge on any atom is -0.496 e. The fourth-order valence-electron chi connectivity index (χ4n) is 6.02. The summed E-state index contributed by atoms with van der Waals surface area (Å²) in [5, 5.41) is 2.82. The molecule has 2 saturated heterocycles. The molecule has 2 aliphatic heterocycles. The molecule has 3 atom stereocenters. The second-order valence-electron chi connectivity index (χ2n) is 12.2. The second kappa shape index (κ2) is 13.8. The Bertz CT molecular complexity index is 1290. The maximum absolute atomic E-state index is 14.1. The number of methoxy groups -OCH3 is 2. The lowest BCUT2D eigenvalue weighted by Gasteiger charge is -2.40. The van der Waals surface area contributed by atoms with Crippen molar-refractivity contribution in [3.05, 3.63) is 47.5 Å². The first-order valence-corrected chi connectivity index (χ1v) is 15.4. The highest BCUT2D eigenvalue weighted by Gasteiger charge is 2.34. The maximum atomic E-state index is 14.1. The van der Waals surface area contributed by atoms with Crippen molar-refractivity contribution in [2.24, 2.45) is 5.92 Å². The summed E-state index contributed by atoms with van der Waals surface area (Å²) in [7, 11) is 5.05. The molecular formula is C33H45FN4O5. The third-order valence-corrected chi connectivity index (χ3v) is 8.78. The van der Waals surface area contributed by atoms with Crippen LogP contribution >= 0.6 is 0 Å². The Balaban J connectivity index is 1.24.